The summed E-state index contributed by atoms with van der Waals surface area (Å²) in [7, 11) is 3.88. The summed E-state index contributed by atoms with van der Waals surface area (Å²) in [4.78, 5) is 7.05. The highest BCUT2D eigenvalue weighted by Gasteiger charge is 2.19. The summed E-state index contributed by atoms with van der Waals surface area (Å²) in [5.74, 6) is 2.47. The minimum Gasteiger partial charge on any atom is -0.496 e. The molecule has 122 valence electrons. The minimum absolute atomic E-state index is 0.615. The van der Waals surface area contributed by atoms with E-state index < -0.39 is 0 Å². The molecule has 0 radical (unpaired) electrons. The summed E-state index contributed by atoms with van der Waals surface area (Å²) in [5.41, 5.74) is 1.10. The monoisotopic (exact) mass is 304 g/mol. The third kappa shape index (κ3) is 4.91. The lowest BCUT2D eigenvalue weighted by Crippen LogP contribution is -2.40. The quantitative estimate of drug-likeness (QED) is 0.620. The van der Waals surface area contributed by atoms with Gasteiger partial charge in [0.05, 0.1) is 13.7 Å². The Morgan fingerprint density at radius 1 is 1.36 bits per heavy atom. The third-order valence-corrected chi connectivity index (χ3v) is 3.99. The maximum Gasteiger partial charge on any atom is 0.191 e. The van der Waals surface area contributed by atoms with Gasteiger partial charge in [-0.25, -0.2) is 4.99 Å². The van der Waals surface area contributed by atoms with Crippen molar-refractivity contribution in [3.63, 3.8) is 0 Å². The Hall–Kier alpha value is -1.75. The fraction of sp³-hybridized carbons (Fsp3) is 0.588. The molecule has 0 spiro atoms. The van der Waals surface area contributed by atoms with Gasteiger partial charge in [0.25, 0.3) is 0 Å². The Kier molecular flexibility index (Phi) is 6.52. The molecule has 22 heavy (non-hydrogen) atoms. The van der Waals surface area contributed by atoms with Gasteiger partial charge in [0.1, 0.15) is 5.75 Å². The molecule has 2 rings (SSSR count). The second-order valence-corrected chi connectivity index (χ2v) is 5.80. The molecule has 1 heterocycles. The number of para-hydroxylation sites is 1. The second kappa shape index (κ2) is 8.63. The van der Waals surface area contributed by atoms with Gasteiger partial charge in [0.15, 0.2) is 5.96 Å². The van der Waals surface area contributed by atoms with Gasteiger partial charge in [-0.05, 0) is 38.9 Å². The Morgan fingerprint density at radius 2 is 2.18 bits per heavy atom. The molecular formula is C17H28N4O. The molecule has 0 aromatic heterocycles. The first-order chi connectivity index (χ1) is 10.7. The fourth-order valence-electron chi connectivity index (χ4n) is 2.77. The lowest BCUT2D eigenvalue weighted by Gasteiger charge is -2.15. The Bertz CT molecular complexity index is 489. The van der Waals surface area contributed by atoms with E-state index in [1.165, 1.54) is 19.5 Å². The van der Waals surface area contributed by atoms with E-state index in [9.17, 15) is 0 Å². The molecule has 2 N–H and O–H groups in total. The van der Waals surface area contributed by atoms with E-state index in [4.69, 9.17) is 4.74 Å². The molecule has 1 aromatic carbocycles. The zero-order valence-corrected chi connectivity index (χ0v) is 13.9. The zero-order chi connectivity index (χ0) is 15.8. The lowest BCUT2D eigenvalue weighted by molar-refractivity contribution is 0.394. The van der Waals surface area contributed by atoms with E-state index in [2.05, 4.69) is 40.6 Å². The van der Waals surface area contributed by atoms with Crippen LogP contribution in [-0.2, 0) is 6.54 Å². The van der Waals surface area contributed by atoms with Crippen molar-refractivity contribution in [2.24, 2.45) is 10.9 Å². The van der Waals surface area contributed by atoms with E-state index >= 15 is 0 Å². The predicted molar refractivity (Wildman–Crippen MR) is 91.4 cm³/mol. The van der Waals surface area contributed by atoms with Crippen LogP contribution >= 0.6 is 0 Å². The predicted octanol–water partition coefficient (Wildman–Crippen LogP) is 1.70. The Labute approximate surface area is 133 Å². The second-order valence-electron chi connectivity index (χ2n) is 5.80. The first kappa shape index (κ1) is 16.6. The Balaban J connectivity index is 1.91. The smallest absolute Gasteiger partial charge is 0.191 e. The van der Waals surface area contributed by atoms with Crippen LogP contribution < -0.4 is 15.4 Å². The number of benzene rings is 1. The van der Waals surface area contributed by atoms with Crippen LogP contribution in [0.25, 0.3) is 0 Å². The summed E-state index contributed by atoms with van der Waals surface area (Å²) in [6.07, 6.45) is 1.26. The normalized spacial score (nSPS) is 19.2. The molecule has 1 unspecified atom stereocenters. The standard InChI is InChI=1S/C17H28N4O/c1-4-18-17(19-11-14-9-10-21(2)13-14)20-12-15-7-5-6-8-16(15)22-3/h5-8,14H,4,9-13H2,1-3H3,(H2,18,19,20). The first-order valence-corrected chi connectivity index (χ1v) is 8.05. The summed E-state index contributed by atoms with van der Waals surface area (Å²) in [6, 6.07) is 8.02. The molecule has 1 atom stereocenters. The highest BCUT2D eigenvalue weighted by molar-refractivity contribution is 5.79. The molecule has 0 amide bonds. The number of hydrogen-bond acceptors (Lipinski definition) is 3. The van der Waals surface area contributed by atoms with E-state index in [1.807, 2.05) is 18.2 Å². The number of nitrogens with one attached hydrogen (secondary N) is 2. The topological polar surface area (TPSA) is 48.9 Å². The van der Waals surface area contributed by atoms with Crippen molar-refractivity contribution in [3.05, 3.63) is 29.8 Å². The first-order valence-electron chi connectivity index (χ1n) is 8.05. The Morgan fingerprint density at radius 3 is 2.86 bits per heavy atom. The van der Waals surface area contributed by atoms with Crippen molar-refractivity contribution in [2.45, 2.75) is 19.9 Å². The molecule has 0 bridgehead atoms. The van der Waals surface area contributed by atoms with Crippen molar-refractivity contribution in [1.29, 1.82) is 0 Å². The van der Waals surface area contributed by atoms with E-state index in [-0.39, 0.29) is 0 Å². The van der Waals surface area contributed by atoms with Gasteiger partial charge < -0.3 is 20.3 Å². The number of rotatable bonds is 6. The summed E-state index contributed by atoms with van der Waals surface area (Å²) < 4.78 is 5.38. The highest BCUT2D eigenvalue weighted by Crippen LogP contribution is 2.18. The number of ether oxygens (including phenoxy) is 1. The molecule has 0 saturated carbocycles. The van der Waals surface area contributed by atoms with Crippen LogP contribution in [0.2, 0.25) is 0 Å². The van der Waals surface area contributed by atoms with Gasteiger partial charge in [0, 0.05) is 25.2 Å². The lowest BCUT2D eigenvalue weighted by atomic mass is 10.1. The number of guanidine groups is 1. The number of hydrogen-bond donors (Lipinski definition) is 2. The third-order valence-electron chi connectivity index (χ3n) is 3.99. The molecule has 1 aliphatic rings. The molecule has 1 aromatic rings. The van der Waals surface area contributed by atoms with Crippen LogP contribution in [0.5, 0.6) is 5.75 Å². The average molecular weight is 304 g/mol. The van der Waals surface area contributed by atoms with Crippen molar-refractivity contribution < 1.29 is 4.74 Å². The maximum atomic E-state index is 5.38. The van der Waals surface area contributed by atoms with E-state index in [0.717, 1.165) is 30.4 Å². The molecule has 1 aliphatic heterocycles. The van der Waals surface area contributed by atoms with E-state index in [1.54, 1.807) is 7.11 Å². The summed E-state index contributed by atoms with van der Waals surface area (Å²) in [5, 5.41) is 6.77. The zero-order valence-electron chi connectivity index (χ0n) is 13.9. The van der Waals surface area contributed by atoms with Crippen molar-refractivity contribution >= 4 is 5.96 Å². The van der Waals surface area contributed by atoms with Gasteiger partial charge in [-0.1, -0.05) is 18.2 Å². The minimum atomic E-state index is 0.615. The van der Waals surface area contributed by atoms with Crippen LogP contribution in [0.3, 0.4) is 0 Å². The average Bonchev–Trinajstić information content (AvgIpc) is 2.96. The maximum absolute atomic E-state index is 5.38. The van der Waals surface area contributed by atoms with Gasteiger partial charge >= 0.3 is 0 Å². The molecule has 5 nitrogen and oxygen atoms in total. The van der Waals surface area contributed by atoms with E-state index in [0.29, 0.717) is 12.5 Å². The number of aliphatic imine (C=N–C) groups is 1. The summed E-state index contributed by atoms with van der Waals surface area (Å²) >= 11 is 0. The van der Waals surface area contributed by atoms with Crippen LogP contribution in [-0.4, -0.2) is 51.2 Å². The SMILES string of the molecule is CCNC(=NCc1ccccc1OC)NCC1CCN(C)C1. The highest BCUT2D eigenvalue weighted by atomic mass is 16.5. The van der Waals surface area contributed by atoms with Crippen LogP contribution in [0, 0.1) is 5.92 Å². The van der Waals surface area contributed by atoms with Gasteiger partial charge in [-0.3, -0.25) is 0 Å². The summed E-state index contributed by atoms with van der Waals surface area (Å²) in [6.45, 7) is 6.90. The molecule has 1 saturated heterocycles. The number of methoxy groups -OCH3 is 1. The van der Waals surface area contributed by atoms with Crippen molar-refractivity contribution in [3.8, 4) is 5.75 Å². The van der Waals surface area contributed by atoms with Crippen LogP contribution in [0.4, 0.5) is 0 Å². The molecule has 5 heteroatoms. The molecule has 0 aliphatic carbocycles. The van der Waals surface area contributed by atoms with Crippen LogP contribution in [0.15, 0.2) is 29.3 Å². The van der Waals surface area contributed by atoms with Gasteiger partial charge in [-0.15, -0.1) is 0 Å². The molecular weight excluding hydrogens is 276 g/mol. The number of likely N-dealkylation sites (tertiary alicyclic amines) is 1. The largest absolute Gasteiger partial charge is 0.496 e. The van der Waals surface area contributed by atoms with Gasteiger partial charge in [-0.2, -0.15) is 0 Å². The van der Waals surface area contributed by atoms with Gasteiger partial charge in [0.2, 0.25) is 0 Å². The van der Waals surface area contributed by atoms with Crippen molar-refractivity contribution in [1.82, 2.24) is 15.5 Å². The fourth-order valence-corrected chi connectivity index (χ4v) is 2.77. The van der Waals surface area contributed by atoms with Crippen LogP contribution in [0.1, 0.15) is 18.9 Å². The van der Waals surface area contributed by atoms with Crippen molar-refractivity contribution in [2.75, 3.05) is 40.3 Å². The number of nitrogens with zero attached hydrogens (tertiary/aromatic N) is 2. The molecule has 1 fully saturated rings.